The second-order valence-corrected chi connectivity index (χ2v) is 10.5. The van der Waals surface area contributed by atoms with E-state index in [1.165, 1.54) is 0 Å². The third-order valence-corrected chi connectivity index (χ3v) is 7.82. The molecule has 1 saturated heterocycles. The molecule has 1 aliphatic heterocycles. The summed E-state index contributed by atoms with van der Waals surface area (Å²) in [5.74, 6) is -0.117. The second-order valence-electron chi connectivity index (χ2n) is 8.82. The Hall–Kier alpha value is -3.16. The summed E-state index contributed by atoms with van der Waals surface area (Å²) in [6.07, 6.45) is 1.34. The molecule has 178 valence electrons. The number of nitrogens with one attached hydrogen (secondary N) is 2. The number of para-hydroxylation sites is 1. The van der Waals surface area contributed by atoms with Crippen LogP contribution in [0.3, 0.4) is 0 Å². The van der Waals surface area contributed by atoms with Gasteiger partial charge in [0.1, 0.15) is 0 Å². The number of piperidine rings is 1. The number of nitrogens with zero attached hydrogens (tertiary/aromatic N) is 1. The van der Waals surface area contributed by atoms with Crippen molar-refractivity contribution in [3.8, 4) is 0 Å². The molecule has 6 nitrogen and oxygen atoms in total. The Morgan fingerprint density at radius 3 is 2.21 bits per heavy atom. The van der Waals surface area contributed by atoms with Crippen molar-refractivity contribution in [2.24, 2.45) is 0 Å². The van der Waals surface area contributed by atoms with E-state index in [0.717, 1.165) is 16.8 Å². The van der Waals surface area contributed by atoms with E-state index in [2.05, 4.69) is 14.9 Å². The average Bonchev–Trinajstić information content (AvgIpc) is 2.85. The molecule has 1 unspecified atom stereocenters. The predicted molar refractivity (Wildman–Crippen MR) is 136 cm³/mol. The number of carbonyl (C=O) groups is 1. The number of hydrogen-bond donors (Lipinski definition) is 2. The van der Waals surface area contributed by atoms with Gasteiger partial charge in [0.2, 0.25) is 10.0 Å². The average molecular weight is 478 g/mol. The van der Waals surface area contributed by atoms with Crippen molar-refractivity contribution in [1.29, 1.82) is 0 Å². The van der Waals surface area contributed by atoms with Crippen LogP contribution < -0.4 is 14.9 Å². The molecule has 34 heavy (non-hydrogen) atoms. The molecule has 4 rings (SSSR count). The number of aryl methyl sites for hydroxylation is 1. The molecule has 0 aromatic heterocycles. The molecular formula is C27H31N3O3S. The Balaban J connectivity index is 1.40. The molecule has 3 aromatic carbocycles. The summed E-state index contributed by atoms with van der Waals surface area (Å²) in [7, 11) is -3.55. The largest absolute Gasteiger partial charge is 0.371 e. The van der Waals surface area contributed by atoms with Crippen LogP contribution >= 0.6 is 0 Å². The zero-order valence-corrected chi connectivity index (χ0v) is 20.4. The van der Waals surface area contributed by atoms with Gasteiger partial charge < -0.3 is 10.2 Å². The molecule has 1 amide bonds. The normalized spacial score (nSPS) is 15.6. The maximum atomic E-state index is 13.1. The summed E-state index contributed by atoms with van der Waals surface area (Å²) >= 11 is 0. The highest BCUT2D eigenvalue weighted by Crippen LogP contribution is 2.26. The molecule has 1 heterocycles. The Morgan fingerprint density at radius 2 is 1.53 bits per heavy atom. The van der Waals surface area contributed by atoms with Crippen LogP contribution in [0.4, 0.5) is 5.69 Å². The van der Waals surface area contributed by atoms with Gasteiger partial charge in [-0.3, -0.25) is 4.79 Å². The summed E-state index contributed by atoms with van der Waals surface area (Å²) in [5, 5.41) is 3.10. The van der Waals surface area contributed by atoms with Crippen molar-refractivity contribution in [1.82, 2.24) is 10.0 Å². The molecule has 1 fully saturated rings. The van der Waals surface area contributed by atoms with Crippen molar-refractivity contribution in [2.75, 3.05) is 18.0 Å². The van der Waals surface area contributed by atoms with Gasteiger partial charge in [0.15, 0.2) is 0 Å². The third kappa shape index (κ3) is 5.66. The minimum absolute atomic E-state index is 0.108. The van der Waals surface area contributed by atoms with Gasteiger partial charge in [0, 0.05) is 24.8 Å². The molecule has 3 aromatic rings. The molecule has 1 atom stereocenters. The Labute approximate surface area is 202 Å². The van der Waals surface area contributed by atoms with E-state index >= 15 is 0 Å². The first-order valence-electron chi connectivity index (χ1n) is 11.6. The van der Waals surface area contributed by atoms with Crippen LogP contribution in [0.25, 0.3) is 0 Å². The summed E-state index contributed by atoms with van der Waals surface area (Å²) < 4.78 is 28.3. The molecule has 0 aliphatic carbocycles. The lowest BCUT2D eigenvalue weighted by molar-refractivity contribution is 0.0940. The number of benzene rings is 3. The smallest absolute Gasteiger partial charge is 0.253 e. The molecular weight excluding hydrogens is 446 g/mol. The lowest BCUT2D eigenvalue weighted by atomic mass is 10.0. The fraction of sp³-hybridized carbons (Fsp3) is 0.296. The zero-order valence-electron chi connectivity index (χ0n) is 19.6. The van der Waals surface area contributed by atoms with E-state index in [1.807, 2.05) is 68.4 Å². The standard InChI is InChI=1S/C27H31N3O3S/c1-20-12-14-24(15-13-20)34(32,33)29-23-16-18-30(19-17-23)26-11-7-6-10-25(26)27(31)28-21(2)22-8-4-3-5-9-22/h3-15,21,23,29H,16-19H2,1-2H3,(H,28,31). The predicted octanol–water partition coefficient (Wildman–Crippen LogP) is 4.43. The van der Waals surface area contributed by atoms with Crippen LogP contribution in [0, 0.1) is 6.92 Å². The quantitative estimate of drug-likeness (QED) is 0.528. The highest BCUT2D eigenvalue weighted by atomic mass is 32.2. The summed E-state index contributed by atoms with van der Waals surface area (Å²) in [6, 6.07) is 24.1. The van der Waals surface area contributed by atoms with E-state index in [1.54, 1.807) is 24.3 Å². The first-order chi connectivity index (χ1) is 16.3. The number of rotatable bonds is 7. The van der Waals surface area contributed by atoms with E-state index < -0.39 is 10.0 Å². The van der Waals surface area contributed by atoms with Crippen LogP contribution in [0.1, 0.15) is 47.3 Å². The Morgan fingerprint density at radius 1 is 0.912 bits per heavy atom. The van der Waals surface area contributed by atoms with Crippen molar-refractivity contribution in [3.63, 3.8) is 0 Å². The molecule has 2 N–H and O–H groups in total. The van der Waals surface area contributed by atoms with Crippen LogP contribution in [0.15, 0.2) is 83.8 Å². The van der Waals surface area contributed by atoms with Crippen molar-refractivity contribution < 1.29 is 13.2 Å². The number of anilines is 1. The number of amides is 1. The fourth-order valence-corrected chi connectivity index (χ4v) is 5.59. The van der Waals surface area contributed by atoms with Gasteiger partial charge in [0.05, 0.1) is 16.5 Å². The molecule has 0 spiro atoms. The van der Waals surface area contributed by atoms with Gasteiger partial charge in [-0.15, -0.1) is 0 Å². The lowest BCUT2D eigenvalue weighted by Gasteiger charge is -2.34. The third-order valence-electron chi connectivity index (χ3n) is 6.28. The van der Waals surface area contributed by atoms with Crippen LogP contribution in [-0.2, 0) is 10.0 Å². The van der Waals surface area contributed by atoms with Crippen molar-refractivity contribution in [2.45, 2.75) is 43.7 Å². The van der Waals surface area contributed by atoms with Crippen LogP contribution in [0.5, 0.6) is 0 Å². The molecule has 0 saturated carbocycles. The molecule has 7 heteroatoms. The minimum Gasteiger partial charge on any atom is -0.371 e. The molecule has 0 bridgehead atoms. The van der Waals surface area contributed by atoms with E-state index in [0.29, 0.717) is 31.5 Å². The zero-order chi connectivity index (χ0) is 24.1. The highest BCUT2D eigenvalue weighted by Gasteiger charge is 2.26. The summed E-state index contributed by atoms with van der Waals surface area (Å²) in [4.78, 5) is 15.5. The van der Waals surface area contributed by atoms with Crippen molar-refractivity contribution >= 4 is 21.6 Å². The molecule has 0 radical (unpaired) electrons. The monoisotopic (exact) mass is 477 g/mol. The lowest BCUT2D eigenvalue weighted by Crippen LogP contribution is -2.45. The number of hydrogen-bond acceptors (Lipinski definition) is 4. The fourth-order valence-electron chi connectivity index (χ4n) is 4.28. The second kappa shape index (κ2) is 10.4. The van der Waals surface area contributed by atoms with Gasteiger partial charge in [-0.1, -0.05) is 60.2 Å². The summed E-state index contributed by atoms with van der Waals surface area (Å²) in [5.41, 5.74) is 3.58. The summed E-state index contributed by atoms with van der Waals surface area (Å²) in [6.45, 7) is 5.24. The highest BCUT2D eigenvalue weighted by molar-refractivity contribution is 7.89. The van der Waals surface area contributed by atoms with Crippen LogP contribution in [0.2, 0.25) is 0 Å². The van der Waals surface area contributed by atoms with Crippen molar-refractivity contribution in [3.05, 3.63) is 95.6 Å². The van der Waals surface area contributed by atoms with Crippen LogP contribution in [-0.4, -0.2) is 33.5 Å². The van der Waals surface area contributed by atoms with Gasteiger partial charge >= 0.3 is 0 Å². The minimum atomic E-state index is -3.55. The van der Waals surface area contributed by atoms with Gasteiger partial charge in [-0.05, 0) is 56.5 Å². The van der Waals surface area contributed by atoms with Gasteiger partial charge in [0.25, 0.3) is 5.91 Å². The van der Waals surface area contributed by atoms with Gasteiger partial charge in [-0.2, -0.15) is 0 Å². The molecule has 1 aliphatic rings. The Bertz CT molecular complexity index is 1220. The SMILES string of the molecule is Cc1ccc(S(=O)(=O)NC2CCN(c3ccccc3C(=O)NC(C)c3ccccc3)CC2)cc1. The van der Waals surface area contributed by atoms with E-state index in [4.69, 9.17) is 0 Å². The maximum Gasteiger partial charge on any atom is 0.253 e. The number of sulfonamides is 1. The first-order valence-corrected chi connectivity index (χ1v) is 13.1. The maximum absolute atomic E-state index is 13.1. The van der Waals surface area contributed by atoms with E-state index in [-0.39, 0.29) is 22.9 Å². The topological polar surface area (TPSA) is 78.5 Å². The van der Waals surface area contributed by atoms with E-state index in [9.17, 15) is 13.2 Å². The Kier molecular flexibility index (Phi) is 7.34. The number of carbonyl (C=O) groups excluding carboxylic acids is 1. The van der Waals surface area contributed by atoms with Gasteiger partial charge in [-0.25, -0.2) is 13.1 Å². The first kappa shape index (κ1) is 24.0.